The van der Waals surface area contributed by atoms with Crippen LogP contribution in [-0.2, 0) is 6.54 Å². The first-order chi connectivity index (χ1) is 12.1. The van der Waals surface area contributed by atoms with Gasteiger partial charge in [-0.2, -0.15) is 0 Å². The molecule has 0 aliphatic carbocycles. The topological polar surface area (TPSA) is 34.9 Å². The van der Waals surface area contributed by atoms with E-state index >= 15 is 0 Å². The van der Waals surface area contributed by atoms with Crippen LogP contribution in [0.1, 0.15) is 11.4 Å². The van der Waals surface area contributed by atoms with Gasteiger partial charge in [0.15, 0.2) is 0 Å². The normalized spacial score (nSPS) is 11.1. The third-order valence-corrected chi connectivity index (χ3v) is 5.44. The number of rotatable bonds is 3. The SMILES string of the molecule is Cc1nc2sc(-c3ccccc3)cc2c(=O)n1Cc1cccc(Cl)c1. The summed E-state index contributed by atoms with van der Waals surface area (Å²) in [6.07, 6.45) is 0. The maximum absolute atomic E-state index is 13.0. The van der Waals surface area contributed by atoms with Crippen molar-refractivity contribution in [3.8, 4) is 10.4 Å². The summed E-state index contributed by atoms with van der Waals surface area (Å²) in [6, 6.07) is 19.6. The van der Waals surface area contributed by atoms with Crippen molar-refractivity contribution in [2.24, 2.45) is 0 Å². The van der Waals surface area contributed by atoms with E-state index in [2.05, 4.69) is 4.98 Å². The van der Waals surface area contributed by atoms with Crippen LogP contribution in [-0.4, -0.2) is 9.55 Å². The van der Waals surface area contributed by atoms with E-state index in [1.165, 1.54) is 0 Å². The monoisotopic (exact) mass is 366 g/mol. The van der Waals surface area contributed by atoms with Crippen molar-refractivity contribution < 1.29 is 0 Å². The Hall–Kier alpha value is -2.43. The largest absolute Gasteiger partial charge is 0.292 e. The summed E-state index contributed by atoms with van der Waals surface area (Å²) >= 11 is 7.61. The molecule has 0 saturated carbocycles. The third kappa shape index (κ3) is 3.11. The molecular formula is C20H15ClN2OS. The van der Waals surface area contributed by atoms with E-state index in [9.17, 15) is 4.79 Å². The van der Waals surface area contributed by atoms with Gasteiger partial charge < -0.3 is 0 Å². The van der Waals surface area contributed by atoms with E-state index in [-0.39, 0.29) is 5.56 Å². The molecule has 0 spiro atoms. The quantitative estimate of drug-likeness (QED) is 0.503. The Morgan fingerprint density at radius 3 is 2.64 bits per heavy atom. The van der Waals surface area contributed by atoms with Crippen molar-refractivity contribution in [2.45, 2.75) is 13.5 Å². The average molecular weight is 367 g/mol. The smallest absolute Gasteiger partial charge is 0.262 e. The second-order valence-electron chi connectivity index (χ2n) is 5.88. The highest BCUT2D eigenvalue weighted by Gasteiger charge is 2.13. The molecule has 4 rings (SSSR count). The minimum atomic E-state index is -0.0130. The van der Waals surface area contributed by atoms with Crippen LogP contribution in [0.5, 0.6) is 0 Å². The Labute approximate surface area is 154 Å². The second-order valence-corrected chi connectivity index (χ2v) is 7.34. The maximum atomic E-state index is 13.0. The minimum absolute atomic E-state index is 0.0130. The highest BCUT2D eigenvalue weighted by molar-refractivity contribution is 7.21. The van der Waals surface area contributed by atoms with Gasteiger partial charge in [-0.15, -0.1) is 11.3 Å². The number of nitrogens with zero attached hydrogens (tertiary/aromatic N) is 2. The molecule has 25 heavy (non-hydrogen) atoms. The van der Waals surface area contributed by atoms with Crippen molar-refractivity contribution in [3.63, 3.8) is 0 Å². The number of hydrogen-bond donors (Lipinski definition) is 0. The molecule has 2 aromatic heterocycles. The predicted molar refractivity (Wildman–Crippen MR) is 105 cm³/mol. The zero-order valence-corrected chi connectivity index (χ0v) is 15.1. The Balaban J connectivity index is 1.82. The fraction of sp³-hybridized carbons (Fsp3) is 0.100. The highest BCUT2D eigenvalue weighted by Crippen LogP contribution is 2.31. The molecule has 0 unspecified atom stereocenters. The van der Waals surface area contributed by atoms with E-state index < -0.39 is 0 Å². The first-order valence-corrected chi connectivity index (χ1v) is 9.12. The van der Waals surface area contributed by atoms with Crippen molar-refractivity contribution in [2.75, 3.05) is 0 Å². The summed E-state index contributed by atoms with van der Waals surface area (Å²) in [7, 11) is 0. The van der Waals surface area contributed by atoms with Gasteiger partial charge in [-0.1, -0.05) is 54.1 Å². The van der Waals surface area contributed by atoms with Gasteiger partial charge in [0.1, 0.15) is 10.7 Å². The number of halogens is 1. The van der Waals surface area contributed by atoms with Gasteiger partial charge in [0.25, 0.3) is 5.56 Å². The molecule has 2 aromatic carbocycles. The van der Waals surface area contributed by atoms with Crippen LogP contribution < -0.4 is 5.56 Å². The molecule has 0 fully saturated rings. The van der Waals surface area contributed by atoms with Gasteiger partial charge >= 0.3 is 0 Å². The molecule has 0 aliphatic rings. The average Bonchev–Trinajstić information content (AvgIpc) is 3.04. The first kappa shape index (κ1) is 16.1. The zero-order valence-electron chi connectivity index (χ0n) is 13.6. The van der Waals surface area contributed by atoms with Crippen molar-refractivity contribution in [1.29, 1.82) is 0 Å². The standard InChI is InChI=1S/C20H15ClN2OS/c1-13-22-19-17(11-18(25-19)15-7-3-2-4-8-15)20(24)23(13)12-14-6-5-9-16(21)10-14/h2-11H,12H2,1H3. The Bertz CT molecular complexity index is 1120. The maximum Gasteiger partial charge on any atom is 0.262 e. The van der Waals surface area contributed by atoms with Crippen LogP contribution >= 0.6 is 22.9 Å². The lowest BCUT2D eigenvalue weighted by Gasteiger charge is -2.09. The van der Waals surface area contributed by atoms with Crippen LogP contribution in [0.4, 0.5) is 0 Å². The number of fused-ring (bicyclic) bond motifs is 1. The fourth-order valence-corrected chi connectivity index (χ4v) is 4.15. The molecule has 2 heterocycles. The lowest BCUT2D eigenvalue weighted by atomic mass is 10.2. The predicted octanol–water partition coefficient (Wildman–Crippen LogP) is 5.14. The van der Waals surface area contributed by atoms with E-state index in [1.54, 1.807) is 15.9 Å². The van der Waals surface area contributed by atoms with Gasteiger partial charge in [-0.3, -0.25) is 9.36 Å². The lowest BCUT2D eigenvalue weighted by Crippen LogP contribution is -2.23. The fourth-order valence-electron chi connectivity index (χ4n) is 2.87. The van der Waals surface area contributed by atoms with Crippen molar-refractivity contribution in [1.82, 2.24) is 9.55 Å². The lowest BCUT2D eigenvalue weighted by molar-refractivity contribution is 0.714. The number of hydrogen-bond acceptors (Lipinski definition) is 3. The van der Waals surface area contributed by atoms with E-state index in [1.807, 2.05) is 67.6 Å². The summed E-state index contributed by atoms with van der Waals surface area (Å²) in [6.45, 7) is 2.33. The zero-order chi connectivity index (χ0) is 17.4. The number of aryl methyl sites for hydroxylation is 1. The second kappa shape index (κ2) is 6.47. The van der Waals surface area contributed by atoms with Crippen LogP contribution in [0.15, 0.2) is 65.5 Å². The van der Waals surface area contributed by atoms with Crippen molar-refractivity contribution >= 4 is 33.2 Å². The number of thiophene rings is 1. The molecule has 4 aromatic rings. The van der Waals surface area contributed by atoms with E-state index in [4.69, 9.17) is 11.6 Å². The molecule has 0 aliphatic heterocycles. The summed E-state index contributed by atoms with van der Waals surface area (Å²) in [5.74, 6) is 0.707. The first-order valence-electron chi connectivity index (χ1n) is 7.92. The number of aromatic nitrogens is 2. The summed E-state index contributed by atoms with van der Waals surface area (Å²) in [4.78, 5) is 19.5. The van der Waals surface area contributed by atoms with Crippen LogP contribution in [0.3, 0.4) is 0 Å². The van der Waals surface area contributed by atoms with Crippen LogP contribution in [0.25, 0.3) is 20.7 Å². The van der Waals surface area contributed by atoms with Gasteiger partial charge in [0.2, 0.25) is 0 Å². The van der Waals surface area contributed by atoms with E-state index in [0.717, 1.165) is 20.8 Å². The summed E-state index contributed by atoms with van der Waals surface area (Å²) in [5.41, 5.74) is 2.07. The minimum Gasteiger partial charge on any atom is -0.292 e. The van der Waals surface area contributed by atoms with Crippen LogP contribution in [0, 0.1) is 6.92 Å². The van der Waals surface area contributed by atoms with Gasteiger partial charge in [0.05, 0.1) is 11.9 Å². The molecule has 0 radical (unpaired) electrons. The van der Waals surface area contributed by atoms with Gasteiger partial charge in [-0.05, 0) is 36.2 Å². The molecule has 0 N–H and O–H groups in total. The third-order valence-electron chi connectivity index (χ3n) is 4.13. The van der Waals surface area contributed by atoms with Crippen LogP contribution in [0.2, 0.25) is 5.02 Å². The number of benzene rings is 2. The Morgan fingerprint density at radius 1 is 1.08 bits per heavy atom. The molecule has 5 heteroatoms. The molecule has 0 amide bonds. The summed E-state index contributed by atoms with van der Waals surface area (Å²) < 4.78 is 1.70. The van der Waals surface area contributed by atoms with Crippen molar-refractivity contribution in [3.05, 3.63) is 87.4 Å². The molecule has 124 valence electrons. The Morgan fingerprint density at radius 2 is 1.88 bits per heavy atom. The summed E-state index contributed by atoms with van der Waals surface area (Å²) in [5, 5.41) is 1.33. The van der Waals surface area contributed by atoms with Gasteiger partial charge in [-0.25, -0.2) is 4.98 Å². The molecule has 0 atom stereocenters. The van der Waals surface area contributed by atoms with Gasteiger partial charge in [0, 0.05) is 9.90 Å². The molecule has 0 saturated heterocycles. The molecule has 0 bridgehead atoms. The molecule has 3 nitrogen and oxygen atoms in total. The van der Waals surface area contributed by atoms with E-state index in [0.29, 0.717) is 22.8 Å². The highest BCUT2D eigenvalue weighted by atomic mass is 35.5. The Kier molecular flexibility index (Phi) is 4.15. The molecular weight excluding hydrogens is 352 g/mol.